The third-order valence-electron chi connectivity index (χ3n) is 5.46. The molecule has 0 saturated heterocycles. The number of amides is 2. The first kappa shape index (κ1) is 21.4. The van der Waals surface area contributed by atoms with Crippen molar-refractivity contribution in [3.8, 4) is 11.5 Å². The van der Waals surface area contributed by atoms with Crippen LogP contribution in [0.1, 0.15) is 40.1 Å². The van der Waals surface area contributed by atoms with Gasteiger partial charge in [0.1, 0.15) is 13.2 Å². The first-order valence-corrected chi connectivity index (χ1v) is 10.6. The number of rotatable bonds is 6. The zero-order valence-electron chi connectivity index (χ0n) is 18.2. The Bertz CT molecular complexity index is 1110. The highest BCUT2D eigenvalue weighted by molar-refractivity contribution is 6.04. The Morgan fingerprint density at radius 1 is 0.812 bits per heavy atom. The van der Waals surface area contributed by atoms with Crippen LogP contribution in [0.4, 0.5) is 5.69 Å². The van der Waals surface area contributed by atoms with Gasteiger partial charge in [-0.15, -0.1) is 0 Å². The topological polar surface area (TPSA) is 76.7 Å². The maximum Gasteiger partial charge on any atom is 0.255 e. The lowest BCUT2D eigenvalue weighted by atomic mass is 9.84. The average molecular weight is 431 g/mol. The Labute approximate surface area is 187 Å². The van der Waals surface area contributed by atoms with E-state index in [4.69, 9.17) is 9.47 Å². The first-order chi connectivity index (χ1) is 15.4. The predicted molar refractivity (Wildman–Crippen MR) is 124 cm³/mol. The van der Waals surface area contributed by atoms with E-state index in [0.717, 1.165) is 17.1 Å². The minimum Gasteiger partial charge on any atom is -0.486 e. The summed E-state index contributed by atoms with van der Waals surface area (Å²) in [6.07, 6.45) is 0. The van der Waals surface area contributed by atoms with E-state index in [-0.39, 0.29) is 17.2 Å². The van der Waals surface area contributed by atoms with Crippen molar-refractivity contribution in [2.45, 2.75) is 19.3 Å². The lowest BCUT2D eigenvalue weighted by molar-refractivity contribution is 0.0945. The summed E-state index contributed by atoms with van der Waals surface area (Å²) in [7, 11) is 0. The maximum absolute atomic E-state index is 12.7. The van der Waals surface area contributed by atoms with Crippen molar-refractivity contribution in [1.82, 2.24) is 5.32 Å². The second kappa shape index (κ2) is 9.14. The molecule has 0 aromatic heterocycles. The highest BCUT2D eigenvalue weighted by Gasteiger charge is 2.24. The van der Waals surface area contributed by atoms with E-state index in [2.05, 4.69) is 24.5 Å². The predicted octanol–water partition coefficient (Wildman–Crippen LogP) is 4.42. The molecule has 3 aromatic rings. The van der Waals surface area contributed by atoms with Gasteiger partial charge in [-0.1, -0.05) is 38.1 Å². The summed E-state index contributed by atoms with van der Waals surface area (Å²) < 4.78 is 11.3. The molecular formula is C26H26N2O4. The van der Waals surface area contributed by atoms with E-state index in [0.29, 0.717) is 36.6 Å². The zero-order chi connectivity index (χ0) is 22.6. The average Bonchev–Trinajstić information content (AvgIpc) is 2.83. The summed E-state index contributed by atoms with van der Waals surface area (Å²) in [5.41, 5.74) is 2.50. The van der Waals surface area contributed by atoms with E-state index < -0.39 is 0 Å². The van der Waals surface area contributed by atoms with Gasteiger partial charge in [-0.05, 0) is 54.1 Å². The minimum absolute atomic E-state index is 0.170. The number of benzene rings is 3. The van der Waals surface area contributed by atoms with Crippen molar-refractivity contribution in [3.63, 3.8) is 0 Å². The SMILES string of the molecule is CC(C)(CNC(=O)c1ccc(NC(=O)c2ccccc2)cc1)c1ccc2c(c1)OCCO2. The number of hydrogen-bond donors (Lipinski definition) is 2. The van der Waals surface area contributed by atoms with Crippen molar-refractivity contribution in [2.24, 2.45) is 0 Å². The molecular weight excluding hydrogens is 404 g/mol. The number of hydrogen-bond acceptors (Lipinski definition) is 4. The first-order valence-electron chi connectivity index (χ1n) is 10.6. The van der Waals surface area contributed by atoms with Crippen molar-refractivity contribution < 1.29 is 19.1 Å². The van der Waals surface area contributed by atoms with E-state index in [1.54, 1.807) is 36.4 Å². The molecule has 0 unspecified atom stereocenters. The molecule has 1 aliphatic heterocycles. The highest BCUT2D eigenvalue weighted by Crippen LogP contribution is 2.35. The van der Waals surface area contributed by atoms with Crippen molar-refractivity contribution in [2.75, 3.05) is 25.1 Å². The van der Waals surface area contributed by atoms with E-state index >= 15 is 0 Å². The van der Waals surface area contributed by atoms with Gasteiger partial charge in [-0.25, -0.2) is 0 Å². The van der Waals surface area contributed by atoms with Gasteiger partial charge in [0.2, 0.25) is 0 Å². The van der Waals surface area contributed by atoms with Crippen LogP contribution in [0.3, 0.4) is 0 Å². The quantitative estimate of drug-likeness (QED) is 0.607. The van der Waals surface area contributed by atoms with Gasteiger partial charge >= 0.3 is 0 Å². The minimum atomic E-state index is -0.297. The van der Waals surface area contributed by atoms with Gasteiger partial charge in [0, 0.05) is 28.8 Å². The Morgan fingerprint density at radius 2 is 1.47 bits per heavy atom. The highest BCUT2D eigenvalue weighted by atomic mass is 16.6. The van der Waals surface area contributed by atoms with E-state index in [1.165, 1.54) is 0 Å². The van der Waals surface area contributed by atoms with Crippen LogP contribution >= 0.6 is 0 Å². The fraction of sp³-hybridized carbons (Fsp3) is 0.231. The summed E-state index contributed by atoms with van der Waals surface area (Å²) in [5.74, 6) is 1.13. The lowest BCUT2D eigenvalue weighted by Gasteiger charge is -2.28. The summed E-state index contributed by atoms with van der Waals surface area (Å²) in [6, 6.07) is 21.7. The Kier molecular flexibility index (Phi) is 6.12. The molecule has 6 nitrogen and oxygen atoms in total. The van der Waals surface area contributed by atoms with Crippen LogP contribution < -0.4 is 20.1 Å². The largest absolute Gasteiger partial charge is 0.486 e. The molecule has 0 bridgehead atoms. The van der Waals surface area contributed by atoms with E-state index in [9.17, 15) is 9.59 Å². The molecule has 0 saturated carbocycles. The van der Waals surface area contributed by atoms with Gasteiger partial charge < -0.3 is 20.1 Å². The number of carbonyl (C=O) groups excluding carboxylic acids is 2. The molecule has 0 spiro atoms. The van der Waals surface area contributed by atoms with Crippen LogP contribution in [0.5, 0.6) is 11.5 Å². The third-order valence-corrected chi connectivity index (χ3v) is 5.46. The molecule has 32 heavy (non-hydrogen) atoms. The molecule has 3 aromatic carbocycles. The molecule has 1 aliphatic rings. The molecule has 0 aliphatic carbocycles. The summed E-state index contributed by atoms with van der Waals surface area (Å²) in [5, 5.41) is 5.84. The number of carbonyl (C=O) groups is 2. The Hall–Kier alpha value is -3.80. The van der Waals surface area contributed by atoms with Gasteiger partial charge in [0.25, 0.3) is 11.8 Å². The van der Waals surface area contributed by atoms with Gasteiger partial charge in [0.05, 0.1) is 0 Å². The van der Waals surface area contributed by atoms with Crippen molar-refractivity contribution in [1.29, 1.82) is 0 Å². The van der Waals surface area contributed by atoms with Gasteiger partial charge in [-0.3, -0.25) is 9.59 Å². The molecule has 2 amide bonds. The second-order valence-corrected chi connectivity index (χ2v) is 8.32. The third kappa shape index (κ3) is 4.91. The standard InChI is InChI=1S/C26H26N2O4/c1-26(2,20-10-13-22-23(16-20)32-15-14-31-22)17-27-24(29)19-8-11-21(12-9-19)28-25(30)18-6-4-3-5-7-18/h3-13,16H,14-15,17H2,1-2H3,(H,27,29)(H,28,30). The van der Waals surface area contributed by atoms with Crippen LogP contribution in [0, 0.1) is 0 Å². The Balaban J connectivity index is 1.36. The van der Waals surface area contributed by atoms with Gasteiger partial charge in [0.15, 0.2) is 11.5 Å². The molecule has 1 heterocycles. The van der Waals surface area contributed by atoms with E-state index in [1.807, 2.05) is 36.4 Å². The summed E-state index contributed by atoms with van der Waals surface area (Å²) in [6.45, 7) is 5.69. The molecule has 0 atom stereocenters. The van der Waals surface area contributed by atoms with Crippen molar-refractivity contribution in [3.05, 3.63) is 89.5 Å². The summed E-state index contributed by atoms with van der Waals surface area (Å²) >= 11 is 0. The molecule has 0 radical (unpaired) electrons. The number of nitrogens with one attached hydrogen (secondary N) is 2. The molecule has 164 valence electrons. The fourth-order valence-corrected chi connectivity index (χ4v) is 3.47. The van der Waals surface area contributed by atoms with Crippen LogP contribution in [-0.2, 0) is 5.41 Å². The number of ether oxygens (including phenoxy) is 2. The van der Waals surface area contributed by atoms with Gasteiger partial charge in [-0.2, -0.15) is 0 Å². The normalized spacial score (nSPS) is 12.7. The van der Waals surface area contributed by atoms with Crippen molar-refractivity contribution >= 4 is 17.5 Å². The number of anilines is 1. The lowest BCUT2D eigenvalue weighted by Crippen LogP contribution is -2.36. The van der Waals surface area contributed by atoms with Crippen LogP contribution in [0.25, 0.3) is 0 Å². The Morgan fingerprint density at radius 3 is 2.19 bits per heavy atom. The monoisotopic (exact) mass is 430 g/mol. The van der Waals surface area contributed by atoms with Crippen LogP contribution in [0.2, 0.25) is 0 Å². The molecule has 6 heteroatoms. The smallest absolute Gasteiger partial charge is 0.255 e. The number of fused-ring (bicyclic) bond motifs is 1. The summed E-state index contributed by atoms with van der Waals surface area (Å²) in [4.78, 5) is 24.9. The second-order valence-electron chi connectivity index (χ2n) is 8.32. The zero-order valence-corrected chi connectivity index (χ0v) is 18.2. The fourth-order valence-electron chi connectivity index (χ4n) is 3.47. The van der Waals surface area contributed by atoms with Crippen LogP contribution in [0.15, 0.2) is 72.8 Å². The molecule has 2 N–H and O–H groups in total. The maximum atomic E-state index is 12.7. The molecule has 4 rings (SSSR count). The van der Waals surface area contributed by atoms with Crippen LogP contribution in [-0.4, -0.2) is 31.6 Å². The molecule has 0 fully saturated rings.